The molecule has 0 aliphatic heterocycles. The zero-order valence-corrected chi connectivity index (χ0v) is 15.3. The SMILES string of the molecule is C=C(C)C(=O)Oc1cc(C)c(NC(=O)c2cc(C)cc(C)c2)c(C)c1. The molecule has 0 bridgehead atoms. The Morgan fingerprint density at radius 1 is 0.920 bits per heavy atom. The summed E-state index contributed by atoms with van der Waals surface area (Å²) in [5.74, 6) is -0.192. The smallest absolute Gasteiger partial charge is 0.338 e. The average Bonchev–Trinajstić information content (AvgIpc) is 2.49. The highest BCUT2D eigenvalue weighted by molar-refractivity contribution is 6.05. The lowest BCUT2D eigenvalue weighted by Crippen LogP contribution is -2.15. The Balaban J connectivity index is 2.26. The summed E-state index contributed by atoms with van der Waals surface area (Å²) in [6.45, 7) is 12.8. The van der Waals surface area contributed by atoms with Gasteiger partial charge in [0.2, 0.25) is 0 Å². The first kappa shape index (κ1) is 18.5. The first-order valence-electron chi connectivity index (χ1n) is 8.06. The van der Waals surface area contributed by atoms with Crippen LogP contribution in [0, 0.1) is 27.7 Å². The molecule has 130 valence electrons. The molecule has 2 aromatic rings. The van der Waals surface area contributed by atoms with E-state index in [1.165, 1.54) is 0 Å². The number of ether oxygens (including phenoxy) is 1. The Kier molecular flexibility index (Phi) is 5.42. The van der Waals surface area contributed by atoms with Gasteiger partial charge in [-0.3, -0.25) is 4.79 Å². The van der Waals surface area contributed by atoms with Crippen molar-refractivity contribution in [3.8, 4) is 5.75 Å². The van der Waals surface area contributed by atoms with Gasteiger partial charge in [-0.1, -0.05) is 23.8 Å². The summed E-state index contributed by atoms with van der Waals surface area (Å²) in [4.78, 5) is 24.2. The molecule has 2 rings (SSSR count). The van der Waals surface area contributed by atoms with E-state index in [2.05, 4.69) is 11.9 Å². The van der Waals surface area contributed by atoms with Crippen LogP contribution >= 0.6 is 0 Å². The summed E-state index contributed by atoms with van der Waals surface area (Å²) in [5.41, 5.74) is 5.40. The second-order valence-electron chi connectivity index (χ2n) is 6.43. The second kappa shape index (κ2) is 7.34. The highest BCUT2D eigenvalue weighted by Gasteiger charge is 2.13. The molecule has 0 radical (unpaired) electrons. The number of carbonyl (C=O) groups is 2. The number of benzene rings is 2. The minimum absolute atomic E-state index is 0.162. The van der Waals surface area contributed by atoms with Crippen molar-refractivity contribution in [3.63, 3.8) is 0 Å². The van der Waals surface area contributed by atoms with E-state index in [0.29, 0.717) is 16.9 Å². The van der Waals surface area contributed by atoms with E-state index in [9.17, 15) is 9.59 Å². The lowest BCUT2D eigenvalue weighted by Gasteiger charge is -2.14. The quantitative estimate of drug-likeness (QED) is 0.502. The van der Waals surface area contributed by atoms with Crippen molar-refractivity contribution in [1.29, 1.82) is 0 Å². The van der Waals surface area contributed by atoms with Crippen molar-refractivity contribution in [2.45, 2.75) is 34.6 Å². The number of carbonyl (C=O) groups excluding carboxylic acids is 2. The molecule has 1 amide bonds. The Bertz CT molecular complexity index is 822. The molecule has 0 saturated heterocycles. The van der Waals surface area contributed by atoms with Crippen LogP contribution in [0.25, 0.3) is 0 Å². The molecule has 0 aromatic heterocycles. The maximum Gasteiger partial charge on any atom is 0.338 e. The average molecular weight is 337 g/mol. The largest absolute Gasteiger partial charge is 0.423 e. The molecule has 0 unspecified atom stereocenters. The predicted molar refractivity (Wildman–Crippen MR) is 100 cm³/mol. The Labute approximate surface area is 148 Å². The number of amides is 1. The zero-order chi connectivity index (χ0) is 18.7. The molecule has 4 heteroatoms. The van der Waals surface area contributed by atoms with Crippen molar-refractivity contribution in [1.82, 2.24) is 0 Å². The van der Waals surface area contributed by atoms with E-state index in [1.54, 1.807) is 19.1 Å². The molecule has 0 fully saturated rings. The second-order valence-corrected chi connectivity index (χ2v) is 6.43. The van der Waals surface area contributed by atoms with E-state index < -0.39 is 5.97 Å². The molecule has 0 saturated carbocycles. The van der Waals surface area contributed by atoms with E-state index >= 15 is 0 Å². The van der Waals surface area contributed by atoms with Gasteiger partial charge in [0.1, 0.15) is 5.75 Å². The minimum Gasteiger partial charge on any atom is -0.423 e. The van der Waals surface area contributed by atoms with Gasteiger partial charge in [-0.2, -0.15) is 0 Å². The number of hydrogen-bond donors (Lipinski definition) is 1. The van der Waals surface area contributed by atoms with Gasteiger partial charge in [0.05, 0.1) is 0 Å². The van der Waals surface area contributed by atoms with Crippen molar-refractivity contribution in [2.75, 3.05) is 5.32 Å². The van der Waals surface area contributed by atoms with Crippen molar-refractivity contribution in [3.05, 3.63) is 70.3 Å². The van der Waals surface area contributed by atoms with Gasteiger partial charge in [0, 0.05) is 16.8 Å². The van der Waals surface area contributed by atoms with E-state index in [0.717, 1.165) is 27.9 Å². The van der Waals surface area contributed by atoms with Gasteiger partial charge < -0.3 is 10.1 Å². The maximum atomic E-state index is 12.6. The Hall–Kier alpha value is -2.88. The molecule has 2 aromatic carbocycles. The Morgan fingerprint density at radius 3 is 1.92 bits per heavy atom. The lowest BCUT2D eigenvalue weighted by molar-refractivity contribution is -0.130. The monoisotopic (exact) mass is 337 g/mol. The lowest BCUT2D eigenvalue weighted by atomic mass is 10.1. The Morgan fingerprint density at radius 2 is 1.44 bits per heavy atom. The van der Waals surface area contributed by atoms with Gasteiger partial charge in [-0.25, -0.2) is 4.79 Å². The van der Waals surface area contributed by atoms with Gasteiger partial charge in [-0.15, -0.1) is 0 Å². The van der Waals surface area contributed by atoms with Crippen LogP contribution in [0.1, 0.15) is 39.5 Å². The fourth-order valence-corrected chi connectivity index (χ4v) is 2.67. The highest BCUT2D eigenvalue weighted by Crippen LogP contribution is 2.27. The number of aryl methyl sites for hydroxylation is 4. The molecular formula is C21H23NO3. The van der Waals surface area contributed by atoms with E-state index in [4.69, 9.17) is 4.74 Å². The van der Waals surface area contributed by atoms with Crippen LogP contribution in [-0.4, -0.2) is 11.9 Å². The van der Waals surface area contributed by atoms with E-state index in [-0.39, 0.29) is 5.91 Å². The summed E-state index contributed by atoms with van der Waals surface area (Å²) in [5, 5.41) is 2.96. The highest BCUT2D eigenvalue weighted by atomic mass is 16.5. The molecule has 0 aliphatic rings. The van der Waals surface area contributed by atoms with Gasteiger partial charge >= 0.3 is 5.97 Å². The number of rotatable bonds is 4. The fourth-order valence-electron chi connectivity index (χ4n) is 2.67. The topological polar surface area (TPSA) is 55.4 Å². The standard InChI is InChI=1S/C21H23NO3/c1-12(2)21(24)25-18-10-15(5)19(16(6)11-18)22-20(23)17-8-13(3)7-14(4)9-17/h7-11H,1H2,2-6H3,(H,22,23). The molecule has 1 N–H and O–H groups in total. The van der Waals surface area contributed by atoms with Crippen LogP contribution < -0.4 is 10.1 Å². The van der Waals surface area contributed by atoms with Crippen molar-refractivity contribution >= 4 is 17.6 Å². The third-order valence-corrected chi connectivity index (χ3v) is 3.79. The predicted octanol–water partition coefficient (Wildman–Crippen LogP) is 4.65. The number of hydrogen-bond acceptors (Lipinski definition) is 3. The summed E-state index contributed by atoms with van der Waals surface area (Å²) in [6.07, 6.45) is 0. The van der Waals surface area contributed by atoms with Crippen LogP contribution in [0.5, 0.6) is 5.75 Å². The number of nitrogens with one attached hydrogen (secondary N) is 1. The van der Waals surface area contributed by atoms with Gasteiger partial charge in [-0.05, 0) is 70.0 Å². The van der Waals surface area contributed by atoms with Crippen LogP contribution in [0.4, 0.5) is 5.69 Å². The number of anilines is 1. The minimum atomic E-state index is -0.467. The molecule has 0 aliphatic carbocycles. The molecular weight excluding hydrogens is 314 g/mol. The molecule has 4 nitrogen and oxygen atoms in total. The van der Waals surface area contributed by atoms with Gasteiger partial charge in [0.15, 0.2) is 0 Å². The first-order chi connectivity index (χ1) is 11.7. The maximum absolute atomic E-state index is 12.6. The summed E-state index contributed by atoms with van der Waals surface area (Å²) in [7, 11) is 0. The summed E-state index contributed by atoms with van der Waals surface area (Å²) < 4.78 is 5.26. The molecule has 0 atom stereocenters. The van der Waals surface area contributed by atoms with Crippen LogP contribution in [0.15, 0.2) is 42.5 Å². The zero-order valence-electron chi connectivity index (χ0n) is 15.3. The van der Waals surface area contributed by atoms with Crippen LogP contribution in [0.3, 0.4) is 0 Å². The van der Waals surface area contributed by atoms with Crippen molar-refractivity contribution in [2.24, 2.45) is 0 Å². The first-order valence-corrected chi connectivity index (χ1v) is 8.06. The fraction of sp³-hybridized carbons (Fsp3) is 0.238. The molecule has 0 heterocycles. The third kappa shape index (κ3) is 4.57. The normalized spacial score (nSPS) is 10.3. The van der Waals surface area contributed by atoms with Crippen LogP contribution in [-0.2, 0) is 4.79 Å². The molecule has 0 spiro atoms. The molecule has 25 heavy (non-hydrogen) atoms. The summed E-state index contributed by atoms with van der Waals surface area (Å²) in [6, 6.07) is 9.19. The van der Waals surface area contributed by atoms with Crippen molar-refractivity contribution < 1.29 is 14.3 Å². The van der Waals surface area contributed by atoms with E-state index in [1.807, 2.05) is 45.9 Å². The van der Waals surface area contributed by atoms with Gasteiger partial charge in [0.25, 0.3) is 5.91 Å². The van der Waals surface area contributed by atoms with Crippen LogP contribution in [0.2, 0.25) is 0 Å². The summed E-state index contributed by atoms with van der Waals surface area (Å²) >= 11 is 0. The third-order valence-electron chi connectivity index (χ3n) is 3.79. The number of esters is 1.